The summed E-state index contributed by atoms with van der Waals surface area (Å²) in [6.07, 6.45) is 3.16. The molecule has 1 fully saturated rings. The van der Waals surface area contributed by atoms with Gasteiger partial charge >= 0.3 is 0 Å². The van der Waals surface area contributed by atoms with Gasteiger partial charge in [0.2, 0.25) is 0 Å². The van der Waals surface area contributed by atoms with Gasteiger partial charge in [0.25, 0.3) is 4.84 Å². The lowest BCUT2D eigenvalue weighted by Gasteiger charge is -2.34. The third-order valence-corrected chi connectivity index (χ3v) is 4.18. The number of rotatable bonds is 3. The molecule has 0 saturated carbocycles. The number of H-pyrrole nitrogens is 1. The van der Waals surface area contributed by atoms with Crippen LogP contribution in [0.5, 0.6) is 0 Å². The van der Waals surface area contributed by atoms with Gasteiger partial charge in [0.05, 0.1) is 0 Å². The summed E-state index contributed by atoms with van der Waals surface area (Å²) in [5.41, 5.74) is 6.08. The molecule has 0 aliphatic carbocycles. The van der Waals surface area contributed by atoms with E-state index in [1.54, 1.807) is 0 Å². The summed E-state index contributed by atoms with van der Waals surface area (Å²) < 4.78 is 4.86. The van der Waals surface area contributed by atoms with Gasteiger partial charge in [0.1, 0.15) is 0 Å². The largest absolute Gasteiger partial charge is 0.330 e. The number of hydrogen-bond donors (Lipinski definition) is 2. The Morgan fingerprint density at radius 1 is 1.53 bits per heavy atom. The molecule has 3 N–H and O–H groups in total. The molecular formula is C9H15N3OS2. The van der Waals surface area contributed by atoms with Crippen molar-refractivity contribution < 1.29 is 4.52 Å². The average Bonchev–Trinajstić information content (AvgIpc) is 2.65. The Balaban J connectivity index is 2.09. The first-order valence-electron chi connectivity index (χ1n) is 5.07. The molecule has 1 aliphatic rings. The summed E-state index contributed by atoms with van der Waals surface area (Å²) >= 11 is 6.85. The van der Waals surface area contributed by atoms with Crippen molar-refractivity contribution in [2.45, 2.75) is 19.3 Å². The van der Waals surface area contributed by atoms with E-state index in [-0.39, 0.29) is 5.41 Å². The van der Waals surface area contributed by atoms with Crippen LogP contribution >= 0.6 is 24.0 Å². The van der Waals surface area contributed by atoms with E-state index in [1.807, 2.05) is 11.8 Å². The molecule has 1 aromatic rings. The SMILES string of the molecule is NCC1(Cc2noc(=S)[nH]2)CCSCC1. The number of nitrogens with one attached hydrogen (secondary N) is 1. The van der Waals surface area contributed by atoms with Crippen LogP contribution in [0.25, 0.3) is 0 Å². The lowest BCUT2D eigenvalue weighted by Crippen LogP contribution is -2.36. The highest BCUT2D eigenvalue weighted by Gasteiger charge is 2.32. The Labute approximate surface area is 98.0 Å². The summed E-state index contributed by atoms with van der Waals surface area (Å²) in [6, 6.07) is 0. The van der Waals surface area contributed by atoms with E-state index in [9.17, 15) is 0 Å². The Morgan fingerprint density at radius 3 is 2.80 bits per heavy atom. The molecule has 0 aromatic carbocycles. The van der Waals surface area contributed by atoms with E-state index in [1.165, 1.54) is 11.5 Å². The number of aromatic amines is 1. The lowest BCUT2D eigenvalue weighted by atomic mass is 9.79. The second-order valence-electron chi connectivity index (χ2n) is 4.03. The molecule has 0 atom stereocenters. The molecule has 0 spiro atoms. The second kappa shape index (κ2) is 4.67. The molecule has 0 amide bonds. The number of nitrogens with zero attached hydrogens (tertiary/aromatic N) is 1. The van der Waals surface area contributed by atoms with Gasteiger partial charge in [-0.15, -0.1) is 0 Å². The first-order valence-corrected chi connectivity index (χ1v) is 6.63. The highest BCUT2D eigenvalue weighted by atomic mass is 32.2. The van der Waals surface area contributed by atoms with Crippen molar-refractivity contribution in [1.82, 2.24) is 10.1 Å². The zero-order valence-electron chi connectivity index (χ0n) is 8.49. The molecule has 0 radical (unpaired) electrons. The maximum atomic E-state index is 5.89. The number of aromatic nitrogens is 2. The van der Waals surface area contributed by atoms with Crippen LogP contribution in [-0.2, 0) is 6.42 Å². The molecule has 6 heteroatoms. The van der Waals surface area contributed by atoms with Gasteiger partial charge in [0.15, 0.2) is 5.82 Å². The molecule has 84 valence electrons. The molecule has 1 saturated heterocycles. The van der Waals surface area contributed by atoms with Crippen molar-refractivity contribution in [3.8, 4) is 0 Å². The van der Waals surface area contributed by atoms with Crippen LogP contribution in [-0.4, -0.2) is 28.2 Å². The molecule has 4 nitrogen and oxygen atoms in total. The third-order valence-electron chi connectivity index (χ3n) is 3.01. The molecule has 15 heavy (non-hydrogen) atoms. The van der Waals surface area contributed by atoms with Crippen molar-refractivity contribution >= 4 is 24.0 Å². The standard InChI is InChI=1S/C9H15N3OS2/c10-6-9(1-3-15-4-2-9)5-7-11-8(14)13-12-7/h1-6,10H2,(H,11,12,14). The highest BCUT2D eigenvalue weighted by Crippen LogP contribution is 2.36. The fourth-order valence-electron chi connectivity index (χ4n) is 1.95. The van der Waals surface area contributed by atoms with Crippen LogP contribution in [0.2, 0.25) is 0 Å². The minimum absolute atomic E-state index is 0.195. The number of hydrogen-bond acceptors (Lipinski definition) is 5. The number of nitrogens with two attached hydrogens (primary N) is 1. The van der Waals surface area contributed by atoms with Crippen LogP contribution in [0.1, 0.15) is 18.7 Å². The van der Waals surface area contributed by atoms with Crippen molar-refractivity contribution in [3.05, 3.63) is 10.7 Å². The first-order chi connectivity index (χ1) is 7.24. The van der Waals surface area contributed by atoms with Gasteiger partial charge in [-0.25, -0.2) is 0 Å². The first kappa shape index (κ1) is 11.2. The van der Waals surface area contributed by atoms with Crippen molar-refractivity contribution in [3.63, 3.8) is 0 Å². The maximum Gasteiger partial charge on any atom is 0.294 e. The topological polar surface area (TPSA) is 67.8 Å². The normalized spacial score (nSPS) is 20.3. The fourth-order valence-corrected chi connectivity index (χ4v) is 3.46. The minimum atomic E-state index is 0.195. The molecule has 1 aromatic heterocycles. The van der Waals surface area contributed by atoms with Crippen LogP contribution in [0.3, 0.4) is 0 Å². The van der Waals surface area contributed by atoms with Crippen LogP contribution in [0.15, 0.2) is 4.52 Å². The van der Waals surface area contributed by atoms with Gasteiger partial charge < -0.3 is 10.3 Å². The predicted octanol–water partition coefficient (Wildman–Crippen LogP) is 1.75. The summed E-state index contributed by atoms with van der Waals surface area (Å²) in [5, 5.41) is 3.91. The second-order valence-corrected chi connectivity index (χ2v) is 5.63. The van der Waals surface area contributed by atoms with E-state index in [4.69, 9.17) is 22.5 Å². The predicted molar refractivity (Wildman–Crippen MR) is 63.4 cm³/mol. The van der Waals surface area contributed by atoms with Crippen molar-refractivity contribution in [1.29, 1.82) is 0 Å². The van der Waals surface area contributed by atoms with E-state index in [0.29, 0.717) is 11.4 Å². The molecule has 2 rings (SSSR count). The van der Waals surface area contributed by atoms with Gasteiger partial charge in [0, 0.05) is 6.42 Å². The van der Waals surface area contributed by atoms with Crippen molar-refractivity contribution in [2.24, 2.45) is 11.1 Å². The molecule has 0 bridgehead atoms. The van der Waals surface area contributed by atoms with Gasteiger partial charge in [-0.05, 0) is 48.5 Å². The maximum absolute atomic E-state index is 5.89. The van der Waals surface area contributed by atoms with E-state index >= 15 is 0 Å². The van der Waals surface area contributed by atoms with Crippen LogP contribution < -0.4 is 5.73 Å². The summed E-state index contributed by atoms with van der Waals surface area (Å²) in [5.74, 6) is 3.21. The Kier molecular flexibility index (Phi) is 3.48. The smallest absolute Gasteiger partial charge is 0.294 e. The van der Waals surface area contributed by atoms with Crippen LogP contribution in [0.4, 0.5) is 0 Å². The molecule has 1 aliphatic heterocycles. The average molecular weight is 245 g/mol. The molecule has 0 unspecified atom stereocenters. The number of thioether (sulfide) groups is 1. The van der Waals surface area contributed by atoms with Gasteiger partial charge in [-0.1, -0.05) is 5.16 Å². The van der Waals surface area contributed by atoms with E-state index in [2.05, 4.69) is 10.1 Å². The van der Waals surface area contributed by atoms with Gasteiger partial charge in [-0.3, -0.25) is 4.98 Å². The summed E-state index contributed by atoms with van der Waals surface area (Å²) in [6.45, 7) is 0.709. The Bertz CT molecular complexity index is 367. The Morgan fingerprint density at radius 2 is 2.27 bits per heavy atom. The van der Waals surface area contributed by atoms with E-state index < -0.39 is 0 Å². The van der Waals surface area contributed by atoms with Gasteiger partial charge in [-0.2, -0.15) is 11.8 Å². The van der Waals surface area contributed by atoms with Crippen molar-refractivity contribution in [2.75, 3.05) is 18.1 Å². The third kappa shape index (κ3) is 2.62. The monoisotopic (exact) mass is 245 g/mol. The lowest BCUT2D eigenvalue weighted by molar-refractivity contribution is 0.260. The van der Waals surface area contributed by atoms with E-state index in [0.717, 1.165) is 25.1 Å². The molecular weight excluding hydrogens is 230 g/mol. The minimum Gasteiger partial charge on any atom is -0.330 e. The molecule has 2 heterocycles. The van der Waals surface area contributed by atoms with Crippen LogP contribution in [0, 0.1) is 10.3 Å². The zero-order chi connectivity index (χ0) is 10.7. The summed E-state index contributed by atoms with van der Waals surface area (Å²) in [4.78, 5) is 3.31. The fraction of sp³-hybridized carbons (Fsp3) is 0.778. The highest BCUT2D eigenvalue weighted by molar-refractivity contribution is 7.99. The summed E-state index contributed by atoms with van der Waals surface area (Å²) in [7, 11) is 0. The quantitative estimate of drug-likeness (QED) is 0.794. The Hall–Kier alpha value is -0.330. The zero-order valence-corrected chi connectivity index (χ0v) is 10.1.